The molecule has 2 aromatic carbocycles. The summed E-state index contributed by atoms with van der Waals surface area (Å²) in [6, 6.07) is 11.5. The molecule has 0 saturated carbocycles. The summed E-state index contributed by atoms with van der Waals surface area (Å²) in [6.45, 7) is 3.26. The maximum absolute atomic E-state index is 9.30. The van der Waals surface area contributed by atoms with Crippen molar-refractivity contribution in [3.63, 3.8) is 0 Å². The van der Waals surface area contributed by atoms with Crippen molar-refractivity contribution in [3.05, 3.63) is 57.0 Å². The number of benzene rings is 2. The van der Waals surface area contributed by atoms with Crippen LogP contribution in [0.3, 0.4) is 0 Å². The molecule has 2 rings (SSSR count). The molecule has 0 aromatic heterocycles. The molecule has 0 aliphatic heterocycles. The van der Waals surface area contributed by atoms with Gasteiger partial charge in [0.1, 0.15) is 6.61 Å². The second-order valence-corrected chi connectivity index (χ2v) is 6.73. The number of halogens is 2. The summed E-state index contributed by atoms with van der Waals surface area (Å²) in [5.41, 5.74) is 1.94. The summed E-state index contributed by atoms with van der Waals surface area (Å²) in [4.78, 5) is 0. The smallest absolute Gasteiger partial charge is 0.175 e. The molecule has 0 heterocycles. The highest BCUT2D eigenvalue weighted by Crippen LogP contribution is 2.37. The maximum atomic E-state index is 9.30. The molecule has 2 N–H and O–H groups in total. The molecule has 4 nitrogen and oxygen atoms in total. The van der Waals surface area contributed by atoms with E-state index in [2.05, 4.69) is 21.2 Å². The zero-order chi connectivity index (χ0) is 17.5. The lowest BCUT2D eigenvalue weighted by molar-refractivity contribution is 0.191. The monoisotopic (exact) mass is 413 g/mol. The van der Waals surface area contributed by atoms with Crippen LogP contribution in [-0.2, 0) is 13.2 Å². The highest BCUT2D eigenvalue weighted by Gasteiger charge is 2.13. The third-order valence-corrected chi connectivity index (χ3v) is 4.35. The molecule has 0 saturated heterocycles. The Kier molecular flexibility index (Phi) is 7.37. The van der Waals surface area contributed by atoms with Gasteiger partial charge in [0.05, 0.1) is 17.7 Å². The first-order chi connectivity index (χ1) is 11.5. The van der Waals surface area contributed by atoms with Crippen molar-refractivity contribution in [1.82, 2.24) is 5.32 Å². The van der Waals surface area contributed by atoms with Gasteiger partial charge < -0.3 is 19.9 Å². The van der Waals surface area contributed by atoms with Gasteiger partial charge in [0, 0.05) is 23.7 Å². The first kappa shape index (κ1) is 19.1. The van der Waals surface area contributed by atoms with Gasteiger partial charge in [0.2, 0.25) is 0 Å². The normalized spacial score (nSPS) is 12.0. The molecule has 0 aliphatic carbocycles. The molecular weight excluding hydrogens is 394 g/mol. The lowest BCUT2D eigenvalue weighted by Crippen LogP contribution is -2.23. The van der Waals surface area contributed by atoms with E-state index >= 15 is 0 Å². The van der Waals surface area contributed by atoms with Crippen LogP contribution >= 0.6 is 27.5 Å². The second-order valence-electron chi connectivity index (χ2n) is 5.47. The van der Waals surface area contributed by atoms with E-state index in [4.69, 9.17) is 21.1 Å². The Balaban J connectivity index is 2.10. The van der Waals surface area contributed by atoms with E-state index in [1.54, 1.807) is 14.0 Å². The van der Waals surface area contributed by atoms with Crippen LogP contribution in [0.4, 0.5) is 0 Å². The minimum absolute atomic E-state index is 0.355. The van der Waals surface area contributed by atoms with Gasteiger partial charge in [-0.2, -0.15) is 0 Å². The zero-order valence-electron chi connectivity index (χ0n) is 13.7. The van der Waals surface area contributed by atoms with Crippen LogP contribution in [0.1, 0.15) is 18.1 Å². The van der Waals surface area contributed by atoms with Crippen LogP contribution < -0.4 is 14.8 Å². The first-order valence-corrected chi connectivity index (χ1v) is 8.79. The molecule has 0 aliphatic rings. The molecular formula is C18H21BrClNO3. The Morgan fingerprint density at radius 2 is 2.04 bits per heavy atom. The van der Waals surface area contributed by atoms with Crippen molar-refractivity contribution in [2.24, 2.45) is 0 Å². The van der Waals surface area contributed by atoms with Crippen LogP contribution in [0.2, 0.25) is 5.02 Å². The number of aliphatic hydroxyl groups is 1. The van der Waals surface area contributed by atoms with E-state index in [-0.39, 0.29) is 6.10 Å². The summed E-state index contributed by atoms with van der Waals surface area (Å²) < 4.78 is 12.2. The Morgan fingerprint density at radius 3 is 2.71 bits per heavy atom. The minimum atomic E-state index is -0.381. The van der Waals surface area contributed by atoms with Crippen LogP contribution in [0, 0.1) is 0 Å². The van der Waals surface area contributed by atoms with Crippen molar-refractivity contribution in [2.75, 3.05) is 13.7 Å². The van der Waals surface area contributed by atoms with Crippen molar-refractivity contribution in [2.45, 2.75) is 26.2 Å². The van der Waals surface area contributed by atoms with E-state index in [1.807, 2.05) is 36.4 Å². The third kappa shape index (κ3) is 5.38. The van der Waals surface area contributed by atoms with E-state index < -0.39 is 0 Å². The van der Waals surface area contributed by atoms with Gasteiger partial charge in [-0.3, -0.25) is 0 Å². The SMILES string of the molecule is COc1cc(CNC[C@H](C)O)cc(Br)c1OCc1ccccc1Cl. The maximum Gasteiger partial charge on any atom is 0.175 e. The molecule has 130 valence electrons. The molecule has 24 heavy (non-hydrogen) atoms. The molecule has 0 spiro atoms. The quantitative estimate of drug-likeness (QED) is 0.681. The van der Waals surface area contributed by atoms with Gasteiger partial charge >= 0.3 is 0 Å². The van der Waals surface area contributed by atoms with Gasteiger partial charge in [-0.15, -0.1) is 0 Å². The number of nitrogens with one attached hydrogen (secondary N) is 1. The van der Waals surface area contributed by atoms with Crippen molar-refractivity contribution in [1.29, 1.82) is 0 Å². The largest absolute Gasteiger partial charge is 0.493 e. The minimum Gasteiger partial charge on any atom is -0.493 e. The number of hydrogen-bond donors (Lipinski definition) is 2. The molecule has 0 unspecified atom stereocenters. The van der Waals surface area contributed by atoms with E-state index in [1.165, 1.54) is 0 Å². The lowest BCUT2D eigenvalue weighted by atomic mass is 10.2. The average molecular weight is 415 g/mol. The topological polar surface area (TPSA) is 50.7 Å². The average Bonchev–Trinajstić information content (AvgIpc) is 2.54. The summed E-state index contributed by atoms with van der Waals surface area (Å²) in [5, 5.41) is 13.2. The summed E-state index contributed by atoms with van der Waals surface area (Å²) in [6.07, 6.45) is -0.381. The molecule has 6 heteroatoms. The fraction of sp³-hybridized carbons (Fsp3) is 0.333. The number of hydrogen-bond acceptors (Lipinski definition) is 4. The number of rotatable bonds is 8. The molecule has 0 fully saturated rings. The van der Waals surface area contributed by atoms with Crippen LogP contribution in [0.15, 0.2) is 40.9 Å². The van der Waals surface area contributed by atoms with Gasteiger partial charge in [-0.1, -0.05) is 29.8 Å². The van der Waals surface area contributed by atoms with Crippen molar-refractivity contribution >= 4 is 27.5 Å². The highest BCUT2D eigenvalue weighted by molar-refractivity contribution is 9.10. The highest BCUT2D eigenvalue weighted by atomic mass is 79.9. The van der Waals surface area contributed by atoms with Gasteiger partial charge in [0.25, 0.3) is 0 Å². The fourth-order valence-corrected chi connectivity index (χ4v) is 3.00. The molecule has 2 aromatic rings. The Labute approximate surface area is 155 Å². The predicted octanol–water partition coefficient (Wildman–Crippen LogP) is 4.16. The summed E-state index contributed by atoms with van der Waals surface area (Å²) >= 11 is 9.70. The summed E-state index contributed by atoms with van der Waals surface area (Å²) in [5.74, 6) is 1.28. The van der Waals surface area contributed by atoms with Gasteiger partial charge in [-0.05, 0) is 46.6 Å². The van der Waals surface area contributed by atoms with Gasteiger partial charge in [0.15, 0.2) is 11.5 Å². The van der Waals surface area contributed by atoms with E-state index in [9.17, 15) is 5.11 Å². The fourth-order valence-electron chi connectivity index (χ4n) is 2.21. The Hall–Kier alpha value is -1.27. The number of ether oxygens (including phenoxy) is 2. The Morgan fingerprint density at radius 1 is 1.29 bits per heavy atom. The standard InChI is InChI=1S/C18H21BrClNO3/c1-12(22)9-21-10-13-7-15(19)18(17(8-13)23-2)24-11-14-5-3-4-6-16(14)20/h3-8,12,21-22H,9-11H2,1-2H3/t12-/m0/s1. The second kappa shape index (κ2) is 9.28. The van der Waals surface area contributed by atoms with Crippen LogP contribution in [-0.4, -0.2) is 24.9 Å². The Bertz CT molecular complexity index is 679. The molecule has 0 bridgehead atoms. The number of aliphatic hydroxyl groups excluding tert-OH is 1. The molecule has 0 radical (unpaired) electrons. The van der Waals surface area contributed by atoms with Crippen molar-refractivity contribution in [3.8, 4) is 11.5 Å². The van der Waals surface area contributed by atoms with Crippen LogP contribution in [0.25, 0.3) is 0 Å². The lowest BCUT2D eigenvalue weighted by Gasteiger charge is -2.15. The van der Waals surface area contributed by atoms with Gasteiger partial charge in [-0.25, -0.2) is 0 Å². The summed E-state index contributed by atoms with van der Waals surface area (Å²) in [7, 11) is 1.61. The van der Waals surface area contributed by atoms with Crippen molar-refractivity contribution < 1.29 is 14.6 Å². The first-order valence-electron chi connectivity index (χ1n) is 7.62. The third-order valence-electron chi connectivity index (χ3n) is 3.39. The number of methoxy groups -OCH3 is 1. The predicted molar refractivity (Wildman–Crippen MR) is 99.9 cm³/mol. The van der Waals surface area contributed by atoms with E-state index in [0.29, 0.717) is 36.2 Å². The zero-order valence-corrected chi connectivity index (χ0v) is 16.0. The molecule has 0 amide bonds. The molecule has 1 atom stereocenters. The van der Waals surface area contributed by atoms with E-state index in [0.717, 1.165) is 15.6 Å². The van der Waals surface area contributed by atoms with Crippen LogP contribution in [0.5, 0.6) is 11.5 Å².